The van der Waals surface area contributed by atoms with Crippen molar-refractivity contribution < 1.29 is 9.59 Å². The molecule has 3 rings (SSSR count). The van der Waals surface area contributed by atoms with E-state index >= 15 is 0 Å². The molecular weight excluding hydrogens is 316 g/mol. The van der Waals surface area contributed by atoms with Gasteiger partial charge in [-0.3, -0.25) is 9.59 Å². The lowest BCUT2D eigenvalue weighted by molar-refractivity contribution is -0.120. The average Bonchev–Trinajstić information content (AvgIpc) is 3.08. The van der Waals surface area contributed by atoms with Crippen molar-refractivity contribution in [3.05, 3.63) is 42.2 Å². The molecule has 23 heavy (non-hydrogen) atoms. The van der Waals surface area contributed by atoms with E-state index in [1.165, 1.54) is 29.1 Å². The summed E-state index contributed by atoms with van der Waals surface area (Å²) in [6.45, 7) is 1.43. The molecule has 0 radical (unpaired) electrons. The van der Waals surface area contributed by atoms with Crippen LogP contribution in [-0.2, 0) is 9.59 Å². The summed E-state index contributed by atoms with van der Waals surface area (Å²) in [7, 11) is 0. The summed E-state index contributed by atoms with van der Waals surface area (Å²) in [4.78, 5) is 24.2. The van der Waals surface area contributed by atoms with E-state index in [0.717, 1.165) is 5.56 Å². The molecule has 0 saturated carbocycles. The smallest absolute Gasteiger partial charge is 0.236 e. The molecule has 0 bridgehead atoms. The zero-order chi connectivity index (χ0) is 16.2. The van der Waals surface area contributed by atoms with E-state index in [9.17, 15) is 9.59 Å². The highest BCUT2D eigenvalue weighted by Crippen LogP contribution is 2.20. The van der Waals surface area contributed by atoms with Crippen LogP contribution in [0, 0.1) is 0 Å². The van der Waals surface area contributed by atoms with E-state index in [0.29, 0.717) is 10.1 Å². The summed E-state index contributed by atoms with van der Waals surface area (Å²) in [6.07, 6.45) is 1.58. The molecule has 1 atom stereocenters. The average molecular weight is 330 g/mol. The van der Waals surface area contributed by atoms with Crippen molar-refractivity contribution in [1.82, 2.24) is 25.1 Å². The van der Waals surface area contributed by atoms with Crippen LogP contribution in [-0.4, -0.2) is 31.6 Å². The number of hydrogen-bond donors (Lipinski definition) is 2. The van der Waals surface area contributed by atoms with Crippen molar-refractivity contribution in [2.24, 2.45) is 0 Å². The minimum absolute atomic E-state index is 0.115. The monoisotopic (exact) mass is 330 g/mol. The SMILES string of the molecule is CC(=O)NC(CC(=O)Nc1nn2cnnc2s1)c1ccccc1. The second-order valence-electron chi connectivity index (χ2n) is 4.88. The van der Waals surface area contributed by atoms with E-state index in [4.69, 9.17) is 0 Å². The minimum Gasteiger partial charge on any atom is -0.349 e. The summed E-state index contributed by atoms with van der Waals surface area (Å²) >= 11 is 1.23. The van der Waals surface area contributed by atoms with Gasteiger partial charge in [0.05, 0.1) is 12.5 Å². The number of anilines is 1. The number of benzene rings is 1. The zero-order valence-corrected chi connectivity index (χ0v) is 13.1. The number of nitrogens with zero attached hydrogens (tertiary/aromatic N) is 4. The van der Waals surface area contributed by atoms with Gasteiger partial charge >= 0.3 is 0 Å². The van der Waals surface area contributed by atoms with Crippen molar-refractivity contribution in [3.8, 4) is 0 Å². The van der Waals surface area contributed by atoms with Gasteiger partial charge in [-0.05, 0) is 5.56 Å². The number of hydrogen-bond acceptors (Lipinski definition) is 6. The van der Waals surface area contributed by atoms with Gasteiger partial charge in [0.1, 0.15) is 6.33 Å². The van der Waals surface area contributed by atoms with Crippen LogP contribution < -0.4 is 10.6 Å². The van der Waals surface area contributed by atoms with Crippen LogP contribution in [0.25, 0.3) is 4.96 Å². The van der Waals surface area contributed by atoms with E-state index in [1.54, 1.807) is 0 Å². The molecule has 2 amide bonds. The molecule has 0 aliphatic carbocycles. The molecule has 1 aromatic carbocycles. The van der Waals surface area contributed by atoms with Crippen molar-refractivity contribution in [1.29, 1.82) is 0 Å². The number of carbonyl (C=O) groups is 2. The standard InChI is InChI=1S/C14H14N6O2S/c1-9(21)16-11(10-5-3-2-4-6-10)7-12(22)17-13-19-20-8-15-18-14(20)23-13/h2-6,8,11H,7H2,1H3,(H,16,21)(H,17,19,22). The minimum atomic E-state index is -0.389. The molecule has 8 nitrogen and oxygen atoms in total. The van der Waals surface area contributed by atoms with Crippen LogP contribution >= 0.6 is 11.3 Å². The van der Waals surface area contributed by atoms with Crippen LogP contribution in [0.3, 0.4) is 0 Å². The van der Waals surface area contributed by atoms with Crippen LogP contribution in [0.1, 0.15) is 24.9 Å². The fourth-order valence-corrected chi connectivity index (χ4v) is 2.89. The topological polar surface area (TPSA) is 101 Å². The first-order valence-electron chi connectivity index (χ1n) is 6.90. The lowest BCUT2D eigenvalue weighted by atomic mass is 10.0. The molecule has 0 fully saturated rings. The fraction of sp³-hybridized carbons (Fsp3) is 0.214. The molecule has 0 aliphatic rings. The first-order chi connectivity index (χ1) is 11.1. The number of aromatic nitrogens is 4. The summed E-state index contributed by atoms with van der Waals surface area (Å²) in [5.74, 6) is -0.428. The number of rotatable bonds is 5. The number of nitrogens with one attached hydrogen (secondary N) is 2. The Balaban J connectivity index is 1.70. The highest BCUT2D eigenvalue weighted by atomic mass is 32.1. The third kappa shape index (κ3) is 3.69. The van der Waals surface area contributed by atoms with Gasteiger partial charge in [0.25, 0.3) is 0 Å². The van der Waals surface area contributed by atoms with E-state index < -0.39 is 0 Å². The number of carbonyl (C=O) groups excluding carboxylic acids is 2. The van der Waals surface area contributed by atoms with E-state index in [1.807, 2.05) is 30.3 Å². The van der Waals surface area contributed by atoms with Gasteiger partial charge < -0.3 is 10.6 Å². The molecule has 0 saturated heterocycles. The molecule has 0 spiro atoms. The fourth-order valence-electron chi connectivity index (χ4n) is 2.15. The second-order valence-corrected chi connectivity index (χ2v) is 5.84. The Bertz CT molecular complexity index is 800. The molecule has 2 aromatic heterocycles. The quantitative estimate of drug-likeness (QED) is 0.736. The predicted molar refractivity (Wildman–Crippen MR) is 84.9 cm³/mol. The lowest BCUT2D eigenvalue weighted by Gasteiger charge is -2.17. The highest BCUT2D eigenvalue weighted by Gasteiger charge is 2.18. The maximum absolute atomic E-state index is 12.2. The summed E-state index contributed by atoms with van der Waals surface area (Å²) in [6, 6.07) is 8.97. The third-order valence-corrected chi connectivity index (χ3v) is 3.93. The Morgan fingerprint density at radius 2 is 2.09 bits per heavy atom. The summed E-state index contributed by atoms with van der Waals surface area (Å²) < 4.78 is 1.49. The Hall–Kier alpha value is -2.81. The largest absolute Gasteiger partial charge is 0.349 e. The van der Waals surface area contributed by atoms with Crippen molar-refractivity contribution >= 4 is 33.2 Å². The zero-order valence-electron chi connectivity index (χ0n) is 12.3. The Kier molecular flexibility index (Phi) is 4.29. The maximum Gasteiger partial charge on any atom is 0.236 e. The Morgan fingerprint density at radius 3 is 2.78 bits per heavy atom. The van der Waals surface area contributed by atoms with Crippen molar-refractivity contribution in [2.75, 3.05) is 5.32 Å². The van der Waals surface area contributed by atoms with E-state index in [-0.39, 0.29) is 24.3 Å². The molecular formula is C14H14N6O2S. The first kappa shape index (κ1) is 15.1. The van der Waals surface area contributed by atoms with Gasteiger partial charge in [-0.1, -0.05) is 41.7 Å². The van der Waals surface area contributed by atoms with Crippen LogP contribution in [0.15, 0.2) is 36.7 Å². The molecule has 1 unspecified atom stereocenters. The predicted octanol–water partition coefficient (Wildman–Crippen LogP) is 1.39. The van der Waals surface area contributed by atoms with Gasteiger partial charge in [-0.15, -0.1) is 15.3 Å². The third-order valence-electron chi connectivity index (χ3n) is 3.10. The summed E-state index contributed by atoms with van der Waals surface area (Å²) in [5, 5.41) is 17.7. The van der Waals surface area contributed by atoms with Gasteiger partial charge in [0.15, 0.2) is 0 Å². The van der Waals surface area contributed by atoms with Crippen LogP contribution in [0.2, 0.25) is 0 Å². The molecule has 2 heterocycles. The van der Waals surface area contributed by atoms with Crippen LogP contribution in [0.5, 0.6) is 0 Å². The van der Waals surface area contributed by atoms with Crippen molar-refractivity contribution in [3.63, 3.8) is 0 Å². The normalized spacial score (nSPS) is 12.0. The Labute approximate surface area is 135 Å². The maximum atomic E-state index is 12.2. The van der Waals surface area contributed by atoms with Gasteiger partial charge in [-0.25, -0.2) is 0 Å². The molecule has 0 aliphatic heterocycles. The molecule has 2 N–H and O–H groups in total. The second kappa shape index (κ2) is 6.53. The van der Waals surface area contributed by atoms with E-state index in [2.05, 4.69) is 25.9 Å². The molecule has 9 heteroatoms. The van der Waals surface area contributed by atoms with Gasteiger partial charge in [0, 0.05) is 6.92 Å². The van der Waals surface area contributed by atoms with Gasteiger partial charge in [0.2, 0.25) is 21.9 Å². The first-order valence-corrected chi connectivity index (χ1v) is 7.72. The van der Waals surface area contributed by atoms with Gasteiger partial charge in [-0.2, -0.15) is 4.52 Å². The number of amides is 2. The lowest BCUT2D eigenvalue weighted by Crippen LogP contribution is -2.29. The van der Waals surface area contributed by atoms with Crippen molar-refractivity contribution in [2.45, 2.75) is 19.4 Å². The Morgan fingerprint density at radius 1 is 1.30 bits per heavy atom. The van der Waals surface area contributed by atoms with Crippen LogP contribution in [0.4, 0.5) is 5.13 Å². The molecule has 118 valence electrons. The summed E-state index contributed by atoms with van der Waals surface area (Å²) in [5.41, 5.74) is 0.871. The number of fused-ring (bicyclic) bond motifs is 1. The highest BCUT2D eigenvalue weighted by molar-refractivity contribution is 7.20. The molecule has 3 aromatic rings.